The fraction of sp³-hybridized carbons (Fsp3) is 0.312. The molecule has 106 valence electrons. The molecular weight excluding hydrogens is 316 g/mol. The Morgan fingerprint density at radius 1 is 1.25 bits per heavy atom. The standard InChI is InChI=1S/C16H19BrN2O/c1-3-18-10-13-7-8-16(15(17)9-13)20-11-14-6-4-5-12(2)19-14/h4-9,18H,3,10-11H2,1-2H3. The van der Waals surface area contributed by atoms with Crippen molar-refractivity contribution in [1.82, 2.24) is 10.3 Å². The summed E-state index contributed by atoms with van der Waals surface area (Å²) < 4.78 is 6.78. The van der Waals surface area contributed by atoms with Gasteiger partial charge in [-0.2, -0.15) is 0 Å². The lowest BCUT2D eigenvalue weighted by atomic mass is 10.2. The number of ether oxygens (including phenoxy) is 1. The predicted octanol–water partition coefficient (Wildman–Crippen LogP) is 3.84. The van der Waals surface area contributed by atoms with E-state index in [-0.39, 0.29) is 0 Å². The van der Waals surface area contributed by atoms with Crippen molar-refractivity contribution in [1.29, 1.82) is 0 Å². The van der Waals surface area contributed by atoms with Crippen LogP contribution in [0, 0.1) is 6.92 Å². The summed E-state index contributed by atoms with van der Waals surface area (Å²) >= 11 is 3.55. The lowest BCUT2D eigenvalue weighted by Gasteiger charge is -2.10. The van der Waals surface area contributed by atoms with E-state index in [4.69, 9.17) is 4.74 Å². The highest BCUT2D eigenvalue weighted by Gasteiger charge is 2.04. The molecule has 1 N–H and O–H groups in total. The van der Waals surface area contributed by atoms with Crippen LogP contribution in [-0.4, -0.2) is 11.5 Å². The average molecular weight is 335 g/mol. The van der Waals surface area contributed by atoms with Crippen molar-refractivity contribution in [3.63, 3.8) is 0 Å². The molecule has 0 aliphatic rings. The highest BCUT2D eigenvalue weighted by atomic mass is 79.9. The molecule has 0 unspecified atom stereocenters. The zero-order chi connectivity index (χ0) is 14.4. The molecule has 2 rings (SSSR count). The third-order valence-electron chi connectivity index (χ3n) is 2.90. The lowest BCUT2D eigenvalue weighted by molar-refractivity contribution is 0.299. The molecule has 0 bridgehead atoms. The second-order valence-corrected chi connectivity index (χ2v) is 5.46. The summed E-state index contributed by atoms with van der Waals surface area (Å²) in [5.74, 6) is 0.841. The van der Waals surface area contributed by atoms with E-state index in [1.165, 1.54) is 5.56 Å². The Bertz CT molecular complexity index is 572. The summed E-state index contributed by atoms with van der Waals surface area (Å²) in [6, 6.07) is 12.1. The maximum absolute atomic E-state index is 5.81. The minimum atomic E-state index is 0.479. The van der Waals surface area contributed by atoms with Crippen LogP contribution in [0.5, 0.6) is 5.75 Å². The van der Waals surface area contributed by atoms with Gasteiger partial charge in [0.1, 0.15) is 12.4 Å². The summed E-state index contributed by atoms with van der Waals surface area (Å²) in [6.45, 7) is 6.40. The van der Waals surface area contributed by atoms with Gasteiger partial charge in [0.15, 0.2) is 0 Å². The maximum atomic E-state index is 5.81. The van der Waals surface area contributed by atoms with Gasteiger partial charge in [0.25, 0.3) is 0 Å². The number of benzene rings is 1. The van der Waals surface area contributed by atoms with Crippen LogP contribution in [0.2, 0.25) is 0 Å². The Kier molecular flexibility index (Phi) is 5.56. The van der Waals surface area contributed by atoms with Gasteiger partial charge in [0.2, 0.25) is 0 Å². The van der Waals surface area contributed by atoms with Crippen LogP contribution >= 0.6 is 15.9 Å². The molecule has 0 amide bonds. The second kappa shape index (κ2) is 7.41. The van der Waals surface area contributed by atoms with Crippen LogP contribution in [0.1, 0.15) is 23.9 Å². The molecule has 0 saturated carbocycles. The lowest BCUT2D eigenvalue weighted by Crippen LogP contribution is -2.11. The van der Waals surface area contributed by atoms with Gasteiger partial charge in [-0.05, 0) is 59.2 Å². The molecule has 1 heterocycles. The quantitative estimate of drug-likeness (QED) is 0.871. The first kappa shape index (κ1) is 15.0. The topological polar surface area (TPSA) is 34.1 Å². The molecule has 4 heteroatoms. The minimum Gasteiger partial charge on any atom is -0.486 e. The Balaban J connectivity index is 1.99. The molecular formula is C16H19BrN2O. The summed E-state index contributed by atoms with van der Waals surface area (Å²) in [6.07, 6.45) is 0. The number of aryl methyl sites for hydroxylation is 1. The summed E-state index contributed by atoms with van der Waals surface area (Å²) in [4.78, 5) is 4.43. The molecule has 0 spiro atoms. The zero-order valence-electron chi connectivity index (χ0n) is 11.8. The van der Waals surface area contributed by atoms with Crippen molar-refractivity contribution < 1.29 is 4.74 Å². The van der Waals surface area contributed by atoms with Crippen LogP contribution in [0.3, 0.4) is 0 Å². The first-order valence-electron chi connectivity index (χ1n) is 6.73. The van der Waals surface area contributed by atoms with Crippen LogP contribution in [0.4, 0.5) is 0 Å². The van der Waals surface area contributed by atoms with E-state index in [2.05, 4.69) is 45.3 Å². The molecule has 2 aromatic rings. The van der Waals surface area contributed by atoms with Crippen LogP contribution in [0.25, 0.3) is 0 Å². The number of aromatic nitrogens is 1. The maximum Gasteiger partial charge on any atom is 0.134 e. The third-order valence-corrected chi connectivity index (χ3v) is 3.52. The van der Waals surface area contributed by atoms with Crippen molar-refractivity contribution >= 4 is 15.9 Å². The van der Waals surface area contributed by atoms with Gasteiger partial charge in [-0.25, -0.2) is 0 Å². The van der Waals surface area contributed by atoms with Crippen LogP contribution < -0.4 is 10.1 Å². The van der Waals surface area contributed by atoms with Crippen molar-refractivity contribution in [2.45, 2.75) is 27.0 Å². The highest BCUT2D eigenvalue weighted by molar-refractivity contribution is 9.10. The Morgan fingerprint density at radius 2 is 2.10 bits per heavy atom. The highest BCUT2D eigenvalue weighted by Crippen LogP contribution is 2.26. The van der Waals surface area contributed by atoms with Gasteiger partial charge < -0.3 is 10.1 Å². The van der Waals surface area contributed by atoms with Gasteiger partial charge in [-0.1, -0.05) is 19.1 Å². The fourth-order valence-electron chi connectivity index (χ4n) is 1.87. The van der Waals surface area contributed by atoms with Gasteiger partial charge in [0, 0.05) is 12.2 Å². The van der Waals surface area contributed by atoms with E-state index in [1.54, 1.807) is 0 Å². The fourth-order valence-corrected chi connectivity index (χ4v) is 2.41. The molecule has 3 nitrogen and oxygen atoms in total. The molecule has 1 aromatic carbocycles. The average Bonchev–Trinajstić information content (AvgIpc) is 2.44. The molecule has 20 heavy (non-hydrogen) atoms. The first-order chi connectivity index (χ1) is 9.69. The first-order valence-corrected chi connectivity index (χ1v) is 7.53. The van der Waals surface area contributed by atoms with Crippen molar-refractivity contribution in [2.75, 3.05) is 6.54 Å². The van der Waals surface area contributed by atoms with Crippen molar-refractivity contribution in [3.05, 3.63) is 57.8 Å². The normalized spacial score (nSPS) is 10.6. The van der Waals surface area contributed by atoms with E-state index in [1.807, 2.05) is 31.2 Å². The molecule has 0 saturated heterocycles. The number of rotatable bonds is 6. The molecule has 1 aromatic heterocycles. The Hall–Kier alpha value is -1.39. The molecule has 0 atom stereocenters. The second-order valence-electron chi connectivity index (χ2n) is 4.60. The molecule has 0 fully saturated rings. The largest absolute Gasteiger partial charge is 0.486 e. The van der Waals surface area contributed by atoms with Crippen LogP contribution in [-0.2, 0) is 13.2 Å². The summed E-state index contributed by atoms with van der Waals surface area (Å²) in [7, 11) is 0. The van der Waals surface area contributed by atoms with Gasteiger partial charge >= 0.3 is 0 Å². The van der Waals surface area contributed by atoms with Gasteiger partial charge in [-0.3, -0.25) is 4.98 Å². The Labute approximate surface area is 128 Å². The Morgan fingerprint density at radius 3 is 2.80 bits per heavy atom. The van der Waals surface area contributed by atoms with Crippen molar-refractivity contribution in [2.24, 2.45) is 0 Å². The molecule has 0 aliphatic heterocycles. The number of halogens is 1. The number of pyridine rings is 1. The number of nitrogens with zero attached hydrogens (tertiary/aromatic N) is 1. The molecule has 0 aliphatic carbocycles. The van der Waals surface area contributed by atoms with Crippen LogP contribution in [0.15, 0.2) is 40.9 Å². The van der Waals surface area contributed by atoms with E-state index in [0.717, 1.165) is 34.7 Å². The minimum absolute atomic E-state index is 0.479. The van der Waals surface area contributed by atoms with E-state index in [9.17, 15) is 0 Å². The van der Waals surface area contributed by atoms with E-state index < -0.39 is 0 Å². The smallest absolute Gasteiger partial charge is 0.134 e. The number of hydrogen-bond donors (Lipinski definition) is 1. The number of hydrogen-bond acceptors (Lipinski definition) is 3. The van der Waals surface area contributed by atoms with E-state index >= 15 is 0 Å². The van der Waals surface area contributed by atoms with Crippen molar-refractivity contribution in [3.8, 4) is 5.75 Å². The SMILES string of the molecule is CCNCc1ccc(OCc2cccc(C)n2)c(Br)c1. The van der Waals surface area contributed by atoms with E-state index in [0.29, 0.717) is 6.61 Å². The monoisotopic (exact) mass is 334 g/mol. The summed E-state index contributed by atoms with van der Waals surface area (Å²) in [5.41, 5.74) is 3.18. The predicted molar refractivity (Wildman–Crippen MR) is 84.8 cm³/mol. The number of nitrogens with one attached hydrogen (secondary N) is 1. The third kappa shape index (κ3) is 4.32. The van der Waals surface area contributed by atoms with Gasteiger partial charge in [0.05, 0.1) is 10.2 Å². The summed E-state index contributed by atoms with van der Waals surface area (Å²) in [5, 5.41) is 3.30. The van der Waals surface area contributed by atoms with Gasteiger partial charge in [-0.15, -0.1) is 0 Å². The molecule has 0 radical (unpaired) electrons. The zero-order valence-corrected chi connectivity index (χ0v) is 13.4.